The average molecular weight is 288 g/mol. The van der Waals surface area contributed by atoms with E-state index in [4.69, 9.17) is 10.5 Å². The summed E-state index contributed by atoms with van der Waals surface area (Å²) in [5, 5.41) is 0. The van der Waals surface area contributed by atoms with Gasteiger partial charge in [0.15, 0.2) is 0 Å². The smallest absolute Gasteiger partial charge is 0.421 e. The molecule has 20 heavy (non-hydrogen) atoms. The third-order valence-corrected chi connectivity index (χ3v) is 3.88. The van der Waals surface area contributed by atoms with Crippen molar-refractivity contribution in [1.82, 2.24) is 4.98 Å². The lowest BCUT2D eigenvalue weighted by Crippen LogP contribution is -2.31. The summed E-state index contributed by atoms with van der Waals surface area (Å²) in [6.07, 6.45) is 1.07. The molecule has 1 aromatic rings. The molecule has 3 nitrogen and oxygen atoms in total. The first-order valence-electron chi connectivity index (χ1n) is 6.87. The third kappa shape index (κ3) is 3.62. The van der Waals surface area contributed by atoms with Gasteiger partial charge in [-0.05, 0) is 43.4 Å². The molecule has 0 aliphatic heterocycles. The highest BCUT2D eigenvalue weighted by atomic mass is 19.4. The molecule has 1 aromatic heterocycles. The van der Waals surface area contributed by atoms with Gasteiger partial charge in [0.1, 0.15) is 5.56 Å². The molecular formula is C14H19F3N2O. The number of halogens is 3. The fourth-order valence-electron chi connectivity index (χ4n) is 2.72. The highest BCUT2D eigenvalue weighted by molar-refractivity contribution is 5.28. The van der Waals surface area contributed by atoms with Gasteiger partial charge in [-0.2, -0.15) is 13.2 Å². The quantitative estimate of drug-likeness (QED) is 0.925. The standard InChI is InChI=1S/C14H19F3N2O/c15-14(16,17)12-6-3-7-19-13(12)20-9-11-5-2-1-4-10(11)8-18/h3,6-7,10-11H,1-2,4-5,8-9,18H2. The van der Waals surface area contributed by atoms with E-state index in [2.05, 4.69) is 4.98 Å². The van der Waals surface area contributed by atoms with Crippen molar-refractivity contribution in [3.8, 4) is 5.88 Å². The van der Waals surface area contributed by atoms with E-state index < -0.39 is 11.7 Å². The number of nitrogens with zero attached hydrogens (tertiary/aromatic N) is 1. The van der Waals surface area contributed by atoms with Crippen molar-refractivity contribution >= 4 is 0 Å². The summed E-state index contributed by atoms with van der Waals surface area (Å²) in [7, 11) is 0. The largest absolute Gasteiger partial charge is 0.477 e. The Kier molecular flexibility index (Phi) is 4.86. The van der Waals surface area contributed by atoms with Gasteiger partial charge in [0.25, 0.3) is 0 Å². The lowest BCUT2D eigenvalue weighted by atomic mass is 9.80. The summed E-state index contributed by atoms with van der Waals surface area (Å²) in [4.78, 5) is 3.71. The number of rotatable bonds is 4. The second-order valence-electron chi connectivity index (χ2n) is 5.21. The molecule has 0 bridgehead atoms. The fraction of sp³-hybridized carbons (Fsp3) is 0.643. The maximum absolute atomic E-state index is 12.8. The molecule has 1 heterocycles. The van der Waals surface area contributed by atoms with Crippen LogP contribution in [0.25, 0.3) is 0 Å². The van der Waals surface area contributed by atoms with Crippen molar-refractivity contribution < 1.29 is 17.9 Å². The minimum atomic E-state index is -4.44. The van der Waals surface area contributed by atoms with Crippen LogP contribution < -0.4 is 10.5 Å². The fourth-order valence-corrected chi connectivity index (χ4v) is 2.72. The monoisotopic (exact) mass is 288 g/mol. The van der Waals surface area contributed by atoms with E-state index in [0.717, 1.165) is 31.7 Å². The van der Waals surface area contributed by atoms with Crippen LogP contribution in [-0.4, -0.2) is 18.1 Å². The second-order valence-corrected chi connectivity index (χ2v) is 5.21. The summed E-state index contributed by atoms with van der Waals surface area (Å²) >= 11 is 0. The Morgan fingerprint density at radius 2 is 1.95 bits per heavy atom. The van der Waals surface area contributed by atoms with E-state index in [0.29, 0.717) is 12.5 Å². The lowest BCUT2D eigenvalue weighted by Gasteiger charge is -2.30. The first-order chi connectivity index (χ1) is 9.52. The molecule has 1 saturated carbocycles. The number of ether oxygens (including phenoxy) is 1. The zero-order valence-corrected chi connectivity index (χ0v) is 11.2. The molecule has 0 aromatic carbocycles. The van der Waals surface area contributed by atoms with Crippen LogP contribution in [0.5, 0.6) is 5.88 Å². The van der Waals surface area contributed by atoms with E-state index in [1.54, 1.807) is 0 Å². The SMILES string of the molecule is NCC1CCCCC1COc1ncccc1C(F)(F)F. The van der Waals surface area contributed by atoms with Crippen molar-refractivity contribution in [3.63, 3.8) is 0 Å². The molecule has 2 unspecified atom stereocenters. The Hall–Kier alpha value is -1.30. The number of aromatic nitrogens is 1. The normalized spacial score (nSPS) is 23.6. The van der Waals surface area contributed by atoms with Crippen LogP contribution in [0.1, 0.15) is 31.2 Å². The first kappa shape index (κ1) is 15.1. The highest BCUT2D eigenvalue weighted by Crippen LogP contribution is 2.35. The minimum Gasteiger partial charge on any atom is -0.477 e. The topological polar surface area (TPSA) is 48.1 Å². The van der Waals surface area contributed by atoms with Gasteiger partial charge in [-0.3, -0.25) is 0 Å². The summed E-state index contributed by atoms with van der Waals surface area (Å²) in [5.74, 6) is 0.222. The van der Waals surface area contributed by atoms with Gasteiger partial charge < -0.3 is 10.5 Å². The Labute approximate surface area is 116 Å². The van der Waals surface area contributed by atoms with Crippen LogP contribution in [0.15, 0.2) is 18.3 Å². The van der Waals surface area contributed by atoms with Crippen molar-refractivity contribution in [3.05, 3.63) is 23.9 Å². The first-order valence-corrected chi connectivity index (χ1v) is 6.87. The van der Waals surface area contributed by atoms with Gasteiger partial charge in [-0.1, -0.05) is 12.8 Å². The van der Waals surface area contributed by atoms with Gasteiger partial charge in [0.2, 0.25) is 5.88 Å². The molecule has 0 radical (unpaired) electrons. The minimum absolute atomic E-state index is 0.219. The Morgan fingerprint density at radius 1 is 1.25 bits per heavy atom. The summed E-state index contributed by atoms with van der Waals surface area (Å²) < 4.78 is 43.8. The molecule has 1 aliphatic rings. The Morgan fingerprint density at radius 3 is 2.60 bits per heavy atom. The summed E-state index contributed by atoms with van der Waals surface area (Å²) in [6.45, 7) is 0.810. The van der Waals surface area contributed by atoms with Crippen LogP contribution >= 0.6 is 0 Å². The van der Waals surface area contributed by atoms with E-state index in [1.807, 2.05) is 0 Å². The summed E-state index contributed by atoms with van der Waals surface area (Å²) in [5.41, 5.74) is 4.89. The van der Waals surface area contributed by atoms with E-state index in [-0.39, 0.29) is 18.4 Å². The molecule has 1 aliphatic carbocycles. The number of nitrogens with two attached hydrogens (primary N) is 1. The number of hydrogen-bond donors (Lipinski definition) is 1. The second kappa shape index (κ2) is 6.43. The molecule has 6 heteroatoms. The van der Waals surface area contributed by atoms with Crippen LogP contribution in [-0.2, 0) is 6.18 Å². The molecule has 2 N–H and O–H groups in total. The van der Waals surface area contributed by atoms with Crippen LogP contribution in [0.4, 0.5) is 13.2 Å². The number of alkyl halides is 3. The van der Waals surface area contributed by atoms with Crippen molar-refractivity contribution in [2.24, 2.45) is 17.6 Å². The molecule has 1 fully saturated rings. The lowest BCUT2D eigenvalue weighted by molar-refractivity contribution is -0.139. The third-order valence-electron chi connectivity index (χ3n) is 3.88. The number of hydrogen-bond acceptors (Lipinski definition) is 3. The Balaban J connectivity index is 2.03. The molecule has 2 rings (SSSR count). The highest BCUT2D eigenvalue weighted by Gasteiger charge is 2.35. The maximum Gasteiger partial charge on any atom is 0.421 e. The zero-order valence-electron chi connectivity index (χ0n) is 11.2. The van der Waals surface area contributed by atoms with Gasteiger partial charge in [0, 0.05) is 6.20 Å². The molecule has 0 amide bonds. The van der Waals surface area contributed by atoms with Crippen LogP contribution in [0, 0.1) is 11.8 Å². The van der Waals surface area contributed by atoms with Crippen LogP contribution in [0.2, 0.25) is 0 Å². The van der Waals surface area contributed by atoms with Crippen molar-refractivity contribution in [2.75, 3.05) is 13.2 Å². The van der Waals surface area contributed by atoms with Gasteiger partial charge >= 0.3 is 6.18 Å². The molecule has 2 atom stereocenters. The average Bonchev–Trinajstić information content (AvgIpc) is 2.44. The van der Waals surface area contributed by atoms with Crippen LogP contribution in [0.3, 0.4) is 0 Å². The summed E-state index contributed by atoms with van der Waals surface area (Å²) in [6, 6.07) is 2.25. The molecule has 112 valence electrons. The predicted molar refractivity (Wildman–Crippen MR) is 69.2 cm³/mol. The van der Waals surface area contributed by atoms with E-state index in [1.165, 1.54) is 12.3 Å². The van der Waals surface area contributed by atoms with Crippen molar-refractivity contribution in [1.29, 1.82) is 0 Å². The van der Waals surface area contributed by atoms with Gasteiger partial charge in [0.05, 0.1) is 6.61 Å². The van der Waals surface area contributed by atoms with E-state index in [9.17, 15) is 13.2 Å². The maximum atomic E-state index is 12.8. The van der Waals surface area contributed by atoms with E-state index >= 15 is 0 Å². The van der Waals surface area contributed by atoms with Gasteiger partial charge in [-0.15, -0.1) is 0 Å². The number of pyridine rings is 1. The Bertz CT molecular complexity index is 437. The molecule has 0 saturated heterocycles. The zero-order chi connectivity index (χ0) is 14.6. The molecule has 0 spiro atoms. The van der Waals surface area contributed by atoms with Gasteiger partial charge in [-0.25, -0.2) is 4.98 Å². The predicted octanol–water partition coefficient (Wildman–Crippen LogP) is 3.24. The van der Waals surface area contributed by atoms with Crippen molar-refractivity contribution in [2.45, 2.75) is 31.9 Å². The molecular weight excluding hydrogens is 269 g/mol.